The van der Waals surface area contributed by atoms with E-state index in [0.717, 1.165) is 11.3 Å². The van der Waals surface area contributed by atoms with Gasteiger partial charge in [-0.05, 0) is 38.0 Å². The van der Waals surface area contributed by atoms with Crippen LogP contribution < -0.4 is 10.1 Å². The first-order valence-corrected chi connectivity index (χ1v) is 6.30. The minimum absolute atomic E-state index is 0.128. The number of hydrogen-bond acceptors (Lipinski definition) is 2. The largest absolute Gasteiger partial charge is 0.496 e. The molecule has 1 aromatic rings. The van der Waals surface area contributed by atoms with Gasteiger partial charge in [-0.15, -0.1) is 0 Å². The SMILES string of the molecule is COc1ccc(F)cc1C(C)NC1CCCC1. The molecule has 2 rings (SSSR count). The molecule has 1 saturated carbocycles. The summed E-state index contributed by atoms with van der Waals surface area (Å²) in [5, 5.41) is 3.55. The molecular weight excluding hydrogens is 217 g/mol. The summed E-state index contributed by atoms with van der Waals surface area (Å²) in [7, 11) is 1.62. The summed E-state index contributed by atoms with van der Waals surface area (Å²) in [4.78, 5) is 0. The van der Waals surface area contributed by atoms with Crippen molar-refractivity contribution in [1.82, 2.24) is 5.32 Å². The molecule has 17 heavy (non-hydrogen) atoms. The molecule has 1 fully saturated rings. The number of hydrogen-bond donors (Lipinski definition) is 1. The summed E-state index contributed by atoms with van der Waals surface area (Å²) < 4.78 is 18.6. The van der Waals surface area contributed by atoms with Crippen molar-refractivity contribution < 1.29 is 9.13 Å². The maximum atomic E-state index is 13.3. The average Bonchev–Trinajstić information content (AvgIpc) is 2.81. The Labute approximate surface area is 102 Å². The molecule has 0 spiro atoms. The Bertz CT molecular complexity index is 374. The Balaban J connectivity index is 2.11. The molecule has 0 radical (unpaired) electrons. The molecule has 1 unspecified atom stereocenters. The highest BCUT2D eigenvalue weighted by Gasteiger charge is 2.19. The van der Waals surface area contributed by atoms with Crippen molar-refractivity contribution in [2.45, 2.75) is 44.7 Å². The molecule has 3 heteroatoms. The predicted octanol–water partition coefficient (Wildman–Crippen LogP) is 3.43. The van der Waals surface area contributed by atoms with Gasteiger partial charge in [-0.25, -0.2) is 4.39 Å². The van der Waals surface area contributed by atoms with E-state index in [4.69, 9.17) is 4.74 Å². The maximum Gasteiger partial charge on any atom is 0.123 e. The van der Waals surface area contributed by atoms with Gasteiger partial charge in [-0.3, -0.25) is 0 Å². The van der Waals surface area contributed by atoms with E-state index in [1.54, 1.807) is 19.2 Å². The number of benzene rings is 1. The Kier molecular flexibility index (Phi) is 4.00. The van der Waals surface area contributed by atoms with Crippen molar-refractivity contribution in [3.63, 3.8) is 0 Å². The van der Waals surface area contributed by atoms with E-state index in [1.807, 2.05) is 0 Å². The third-order valence-corrected chi connectivity index (χ3v) is 3.50. The zero-order valence-corrected chi connectivity index (χ0v) is 10.5. The van der Waals surface area contributed by atoms with Crippen LogP contribution in [0.2, 0.25) is 0 Å². The fourth-order valence-electron chi connectivity index (χ4n) is 2.58. The summed E-state index contributed by atoms with van der Waals surface area (Å²) in [6.45, 7) is 2.07. The van der Waals surface area contributed by atoms with E-state index in [9.17, 15) is 4.39 Å². The van der Waals surface area contributed by atoms with Crippen LogP contribution in [-0.4, -0.2) is 13.2 Å². The van der Waals surface area contributed by atoms with Gasteiger partial charge in [-0.1, -0.05) is 12.8 Å². The van der Waals surface area contributed by atoms with E-state index in [2.05, 4.69) is 12.2 Å². The Hall–Kier alpha value is -1.09. The summed E-state index contributed by atoms with van der Waals surface area (Å²) >= 11 is 0. The molecule has 0 amide bonds. The van der Waals surface area contributed by atoms with E-state index in [1.165, 1.54) is 31.7 Å². The van der Waals surface area contributed by atoms with Crippen LogP contribution in [0, 0.1) is 5.82 Å². The normalized spacial score (nSPS) is 18.3. The first-order chi connectivity index (χ1) is 8.20. The minimum Gasteiger partial charge on any atom is -0.496 e. The second kappa shape index (κ2) is 5.50. The van der Waals surface area contributed by atoms with Gasteiger partial charge in [0.1, 0.15) is 11.6 Å². The van der Waals surface area contributed by atoms with Crippen LogP contribution in [0.3, 0.4) is 0 Å². The van der Waals surface area contributed by atoms with Gasteiger partial charge in [0, 0.05) is 17.6 Å². The molecule has 0 aliphatic heterocycles. The molecule has 1 aliphatic carbocycles. The second-order valence-corrected chi connectivity index (χ2v) is 4.76. The van der Waals surface area contributed by atoms with Crippen LogP contribution in [0.5, 0.6) is 5.75 Å². The first kappa shape index (κ1) is 12.4. The molecule has 2 nitrogen and oxygen atoms in total. The lowest BCUT2D eigenvalue weighted by Gasteiger charge is -2.21. The first-order valence-electron chi connectivity index (χ1n) is 6.30. The number of halogens is 1. The van der Waals surface area contributed by atoms with Gasteiger partial charge < -0.3 is 10.1 Å². The highest BCUT2D eigenvalue weighted by Crippen LogP contribution is 2.28. The molecule has 0 bridgehead atoms. The number of methoxy groups -OCH3 is 1. The van der Waals surface area contributed by atoms with Crippen LogP contribution >= 0.6 is 0 Å². The van der Waals surface area contributed by atoms with Crippen LogP contribution in [0.25, 0.3) is 0 Å². The van der Waals surface area contributed by atoms with Gasteiger partial charge in [0.15, 0.2) is 0 Å². The Morgan fingerprint density at radius 1 is 1.35 bits per heavy atom. The summed E-state index contributed by atoms with van der Waals surface area (Å²) in [5.41, 5.74) is 0.902. The molecular formula is C14H20FNO. The Morgan fingerprint density at radius 2 is 2.06 bits per heavy atom. The standard InChI is InChI=1S/C14H20FNO/c1-10(16-12-5-3-4-6-12)13-9-11(15)7-8-14(13)17-2/h7-10,12,16H,3-6H2,1-2H3. The van der Waals surface area contributed by atoms with Gasteiger partial charge in [0.2, 0.25) is 0 Å². The van der Waals surface area contributed by atoms with E-state index in [0.29, 0.717) is 6.04 Å². The molecule has 1 aromatic carbocycles. The zero-order chi connectivity index (χ0) is 12.3. The fourth-order valence-corrected chi connectivity index (χ4v) is 2.58. The van der Waals surface area contributed by atoms with Crippen molar-refractivity contribution in [2.75, 3.05) is 7.11 Å². The summed E-state index contributed by atoms with van der Waals surface area (Å²) in [6.07, 6.45) is 5.04. The minimum atomic E-state index is -0.208. The van der Waals surface area contributed by atoms with Crippen LogP contribution in [0.15, 0.2) is 18.2 Å². The van der Waals surface area contributed by atoms with Crippen LogP contribution in [0.1, 0.15) is 44.2 Å². The number of nitrogens with one attached hydrogen (secondary N) is 1. The molecule has 0 aromatic heterocycles. The third-order valence-electron chi connectivity index (χ3n) is 3.50. The van der Waals surface area contributed by atoms with Gasteiger partial charge in [0.05, 0.1) is 7.11 Å². The quantitative estimate of drug-likeness (QED) is 0.866. The lowest BCUT2D eigenvalue weighted by atomic mass is 10.1. The molecule has 1 aliphatic rings. The molecule has 0 saturated heterocycles. The molecule has 1 N–H and O–H groups in total. The average molecular weight is 237 g/mol. The zero-order valence-electron chi connectivity index (χ0n) is 10.5. The predicted molar refractivity (Wildman–Crippen MR) is 66.8 cm³/mol. The topological polar surface area (TPSA) is 21.3 Å². The maximum absolute atomic E-state index is 13.3. The smallest absolute Gasteiger partial charge is 0.123 e. The monoisotopic (exact) mass is 237 g/mol. The lowest BCUT2D eigenvalue weighted by molar-refractivity contribution is 0.391. The van der Waals surface area contributed by atoms with Gasteiger partial charge in [-0.2, -0.15) is 0 Å². The number of rotatable bonds is 4. The van der Waals surface area contributed by atoms with E-state index in [-0.39, 0.29) is 11.9 Å². The lowest BCUT2D eigenvalue weighted by Crippen LogP contribution is -2.29. The molecule has 0 heterocycles. The second-order valence-electron chi connectivity index (χ2n) is 4.76. The van der Waals surface area contributed by atoms with Crippen molar-refractivity contribution in [1.29, 1.82) is 0 Å². The third kappa shape index (κ3) is 2.97. The van der Waals surface area contributed by atoms with Crippen molar-refractivity contribution in [2.24, 2.45) is 0 Å². The van der Waals surface area contributed by atoms with Crippen molar-refractivity contribution in [3.05, 3.63) is 29.6 Å². The summed E-state index contributed by atoms with van der Waals surface area (Å²) in [5.74, 6) is 0.547. The van der Waals surface area contributed by atoms with Gasteiger partial charge >= 0.3 is 0 Å². The highest BCUT2D eigenvalue weighted by molar-refractivity contribution is 5.36. The van der Waals surface area contributed by atoms with E-state index >= 15 is 0 Å². The number of ether oxygens (including phenoxy) is 1. The van der Waals surface area contributed by atoms with Crippen LogP contribution in [-0.2, 0) is 0 Å². The summed E-state index contributed by atoms with van der Waals surface area (Å²) in [6, 6.07) is 5.38. The molecule has 1 atom stereocenters. The fraction of sp³-hybridized carbons (Fsp3) is 0.571. The van der Waals surface area contributed by atoms with Crippen molar-refractivity contribution >= 4 is 0 Å². The highest BCUT2D eigenvalue weighted by atomic mass is 19.1. The van der Waals surface area contributed by atoms with E-state index < -0.39 is 0 Å². The van der Waals surface area contributed by atoms with Crippen LogP contribution in [0.4, 0.5) is 4.39 Å². The Morgan fingerprint density at radius 3 is 2.71 bits per heavy atom. The van der Waals surface area contributed by atoms with Gasteiger partial charge in [0.25, 0.3) is 0 Å². The molecule has 94 valence electrons. The van der Waals surface area contributed by atoms with Crippen molar-refractivity contribution in [3.8, 4) is 5.75 Å².